The number of hydrogen-bond acceptors (Lipinski definition) is 4. The number of hydrogen-bond donors (Lipinski definition) is 2. The van der Waals surface area contributed by atoms with Crippen molar-refractivity contribution >= 4 is 21.8 Å². The largest absolute Gasteiger partial charge is 0.481 e. The summed E-state index contributed by atoms with van der Waals surface area (Å²) < 4.78 is 23.2. The molecule has 2 atom stereocenters. The monoisotopic (exact) mass is 306 g/mol. The summed E-state index contributed by atoms with van der Waals surface area (Å²) in [5.74, 6) is -1.50. The lowest BCUT2D eigenvalue weighted by Crippen LogP contribution is -2.56. The van der Waals surface area contributed by atoms with Gasteiger partial charge in [0.25, 0.3) is 0 Å². The Balaban J connectivity index is 2.74. The molecule has 0 aromatic heterocycles. The van der Waals surface area contributed by atoms with E-state index in [1.54, 1.807) is 0 Å². The molecule has 7 nitrogen and oxygen atoms in total. The Labute approximate surface area is 119 Å². The van der Waals surface area contributed by atoms with Crippen LogP contribution in [0.2, 0.25) is 0 Å². The topological polar surface area (TPSA) is 104 Å². The highest BCUT2D eigenvalue weighted by Gasteiger charge is 2.35. The number of carboxylic acids is 1. The van der Waals surface area contributed by atoms with E-state index < -0.39 is 21.8 Å². The number of nitrogens with one attached hydrogen (secondary N) is 1. The Kier molecular flexibility index (Phi) is 5.79. The first-order valence-corrected chi connectivity index (χ1v) is 8.56. The van der Waals surface area contributed by atoms with Crippen LogP contribution in [0.5, 0.6) is 0 Å². The van der Waals surface area contributed by atoms with E-state index in [4.69, 9.17) is 5.11 Å². The summed E-state index contributed by atoms with van der Waals surface area (Å²) in [5, 5.41) is 11.6. The van der Waals surface area contributed by atoms with Gasteiger partial charge < -0.3 is 15.3 Å². The van der Waals surface area contributed by atoms with Crippen LogP contribution in [0.1, 0.15) is 33.1 Å². The zero-order valence-corrected chi connectivity index (χ0v) is 12.6. The second-order valence-corrected chi connectivity index (χ2v) is 7.43. The number of urea groups is 1. The first-order chi connectivity index (χ1) is 9.25. The molecular formula is C12H22N2O5S. The summed E-state index contributed by atoms with van der Waals surface area (Å²) in [7, 11) is -3.27. The molecule has 116 valence electrons. The number of amides is 2. The molecule has 1 aliphatic heterocycles. The number of carbonyl (C=O) groups excluding carboxylic acids is 1. The van der Waals surface area contributed by atoms with Crippen molar-refractivity contribution in [1.82, 2.24) is 10.2 Å². The lowest BCUT2D eigenvalue weighted by molar-refractivity contribution is -0.138. The fourth-order valence-electron chi connectivity index (χ4n) is 2.32. The van der Waals surface area contributed by atoms with Crippen molar-refractivity contribution in [1.29, 1.82) is 0 Å². The highest BCUT2D eigenvalue weighted by atomic mass is 32.2. The molecule has 0 aromatic carbocycles. The van der Waals surface area contributed by atoms with Crippen LogP contribution in [0.4, 0.5) is 4.79 Å². The zero-order chi connectivity index (χ0) is 15.3. The van der Waals surface area contributed by atoms with Crippen molar-refractivity contribution in [3.8, 4) is 0 Å². The van der Waals surface area contributed by atoms with Crippen molar-refractivity contribution in [3.05, 3.63) is 0 Å². The fraction of sp³-hybridized carbons (Fsp3) is 0.833. The Morgan fingerprint density at radius 3 is 2.65 bits per heavy atom. The van der Waals surface area contributed by atoms with E-state index in [2.05, 4.69) is 5.32 Å². The molecule has 0 aromatic rings. The average Bonchev–Trinajstić information content (AvgIpc) is 2.26. The zero-order valence-electron chi connectivity index (χ0n) is 11.8. The molecule has 1 rings (SSSR count). The third kappa shape index (κ3) is 4.99. The van der Waals surface area contributed by atoms with E-state index >= 15 is 0 Å². The van der Waals surface area contributed by atoms with Gasteiger partial charge >= 0.3 is 12.0 Å². The molecule has 1 fully saturated rings. The molecule has 0 aliphatic carbocycles. The summed E-state index contributed by atoms with van der Waals surface area (Å²) in [6.45, 7) is 3.92. The summed E-state index contributed by atoms with van der Waals surface area (Å²) in [6.07, 6.45) is 1.39. The molecule has 8 heteroatoms. The SMILES string of the molecule is CCCC(C)NC(=O)N1CCS(=O)(=O)CC1CC(=O)O. The molecule has 1 saturated heterocycles. The molecule has 2 unspecified atom stereocenters. The minimum atomic E-state index is -3.27. The van der Waals surface area contributed by atoms with Gasteiger partial charge in [-0.05, 0) is 13.3 Å². The third-order valence-electron chi connectivity index (χ3n) is 3.29. The van der Waals surface area contributed by atoms with Crippen molar-refractivity contribution in [2.24, 2.45) is 0 Å². The number of carbonyl (C=O) groups is 2. The first kappa shape index (κ1) is 16.7. The van der Waals surface area contributed by atoms with E-state index in [9.17, 15) is 18.0 Å². The Bertz CT molecular complexity index is 462. The molecule has 0 spiro atoms. The van der Waals surface area contributed by atoms with Crippen LogP contribution in [0.15, 0.2) is 0 Å². The summed E-state index contributed by atoms with van der Waals surface area (Å²) in [4.78, 5) is 24.3. The van der Waals surface area contributed by atoms with E-state index in [-0.39, 0.29) is 36.5 Å². The number of sulfone groups is 1. The van der Waals surface area contributed by atoms with Gasteiger partial charge in [-0.2, -0.15) is 0 Å². The van der Waals surface area contributed by atoms with Crippen LogP contribution in [-0.4, -0.2) is 60.6 Å². The molecule has 1 aliphatic rings. The quantitative estimate of drug-likeness (QED) is 0.768. The third-order valence-corrected chi connectivity index (χ3v) is 4.99. The molecule has 0 radical (unpaired) electrons. The maximum Gasteiger partial charge on any atom is 0.317 e. The van der Waals surface area contributed by atoms with Crippen LogP contribution in [0.3, 0.4) is 0 Å². The molecular weight excluding hydrogens is 284 g/mol. The Morgan fingerprint density at radius 1 is 1.45 bits per heavy atom. The fourth-order valence-corrected chi connectivity index (χ4v) is 3.85. The number of carboxylic acid groups (broad SMARTS) is 1. The van der Waals surface area contributed by atoms with E-state index in [1.165, 1.54) is 4.90 Å². The minimum absolute atomic E-state index is 0.0171. The van der Waals surface area contributed by atoms with Gasteiger partial charge in [0.05, 0.1) is 24.0 Å². The van der Waals surface area contributed by atoms with Gasteiger partial charge in [0.15, 0.2) is 9.84 Å². The highest BCUT2D eigenvalue weighted by Crippen LogP contribution is 2.15. The van der Waals surface area contributed by atoms with E-state index in [0.29, 0.717) is 0 Å². The van der Waals surface area contributed by atoms with Crippen LogP contribution in [-0.2, 0) is 14.6 Å². The van der Waals surface area contributed by atoms with Gasteiger partial charge in [-0.3, -0.25) is 4.79 Å². The average molecular weight is 306 g/mol. The molecule has 2 amide bonds. The van der Waals surface area contributed by atoms with Gasteiger partial charge in [-0.25, -0.2) is 13.2 Å². The maximum atomic E-state index is 12.1. The van der Waals surface area contributed by atoms with Gasteiger partial charge in [-0.15, -0.1) is 0 Å². The summed E-state index contributed by atoms with van der Waals surface area (Å²) >= 11 is 0. The van der Waals surface area contributed by atoms with Crippen LogP contribution < -0.4 is 5.32 Å². The van der Waals surface area contributed by atoms with Crippen molar-refractivity contribution in [2.45, 2.75) is 45.2 Å². The summed E-state index contributed by atoms with van der Waals surface area (Å²) in [6, 6.07) is -1.19. The maximum absolute atomic E-state index is 12.1. The van der Waals surface area contributed by atoms with Crippen molar-refractivity contribution in [2.75, 3.05) is 18.1 Å². The smallest absolute Gasteiger partial charge is 0.317 e. The number of aliphatic carboxylic acids is 1. The summed E-state index contributed by atoms with van der Waals surface area (Å²) in [5.41, 5.74) is 0. The molecule has 20 heavy (non-hydrogen) atoms. The predicted octanol–water partition coefficient (Wildman–Crippen LogP) is 0.458. The van der Waals surface area contributed by atoms with Gasteiger partial charge in [0, 0.05) is 12.6 Å². The Morgan fingerprint density at radius 2 is 2.10 bits per heavy atom. The standard InChI is InChI=1S/C12H22N2O5S/c1-3-4-9(2)13-12(17)14-5-6-20(18,19)8-10(14)7-11(15)16/h9-10H,3-8H2,1-2H3,(H,13,17)(H,15,16). The lowest BCUT2D eigenvalue weighted by atomic mass is 10.2. The van der Waals surface area contributed by atoms with Gasteiger partial charge in [0.1, 0.15) is 0 Å². The first-order valence-electron chi connectivity index (χ1n) is 6.74. The molecule has 0 saturated carbocycles. The Hall–Kier alpha value is -1.31. The second-order valence-electron chi connectivity index (χ2n) is 5.20. The lowest BCUT2D eigenvalue weighted by Gasteiger charge is -2.35. The van der Waals surface area contributed by atoms with E-state index in [0.717, 1.165) is 12.8 Å². The highest BCUT2D eigenvalue weighted by molar-refractivity contribution is 7.91. The predicted molar refractivity (Wildman–Crippen MR) is 74.3 cm³/mol. The number of nitrogens with zero attached hydrogens (tertiary/aromatic N) is 1. The van der Waals surface area contributed by atoms with E-state index in [1.807, 2.05) is 13.8 Å². The second kappa shape index (κ2) is 6.92. The molecule has 1 heterocycles. The normalized spacial score (nSPS) is 23.1. The van der Waals surface area contributed by atoms with Gasteiger partial charge in [0.2, 0.25) is 0 Å². The van der Waals surface area contributed by atoms with Crippen molar-refractivity contribution in [3.63, 3.8) is 0 Å². The van der Waals surface area contributed by atoms with Crippen LogP contribution >= 0.6 is 0 Å². The van der Waals surface area contributed by atoms with Gasteiger partial charge in [-0.1, -0.05) is 13.3 Å². The minimum Gasteiger partial charge on any atom is -0.481 e. The molecule has 2 N–H and O–H groups in total. The molecule has 0 bridgehead atoms. The van der Waals surface area contributed by atoms with Crippen LogP contribution in [0, 0.1) is 0 Å². The van der Waals surface area contributed by atoms with Crippen LogP contribution in [0.25, 0.3) is 0 Å². The van der Waals surface area contributed by atoms with Crippen molar-refractivity contribution < 1.29 is 23.1 Å². The number of rotatable bonds is 5.